The van der Waals surface area contributed by atoms with Crippen molar-refractivity contribution in [1.82, 2.24) is 14.5 Å². The predicted molar refractivity (Wildman–Crippen MR) is 133 cm³/mol. The number of benzene rings is 2. The number of hydrogen-bond acceptors (Lipinski definition) is 4. The molecule has 3 rings (SSSR count). The number of aryl methyl sites for hydroxylation is 2. The van der Waals surface area contributed by atoms with Crippen LogP contribution < -0.4 is 5.32 Å². The highest BCUT2D eigenvalue weighted by Gasteiger charge is 2.32. The van der Waals surface area contributed by atoms with Crippen LogP contribution in [0.5, 0.6) is 0 Å². The summed E-state index contributed by atoms with van der Waals surface area (Å²) in [6, 6.07) is 15.6. The minimum Gasteiger partial charge on any atom is -0.354 e. The molecule has 1 heterocycles. The molecule has 2 aromatic carbocycles. The third-order valence-corrected chi connectivity index (χ3v) is 8.74. The maximum absolute atomic E-state index is 13.1. The van der Waals surface area contributed by atoms with E-state index in [0.717, 1.165) is 24.2 Å². The summed E-state index contributed by atoms with van der Waals surface area (Å²) in [5.41, 5.74) is 3.23. The number of rotatable bonds is 9. The topological polar surface area (TPSA) is 69.7 Å². The van der Waals surface area contributed by atoms with Crippen LogP contribution in [0, 0.1) is 19.8 Å². The molecule has 0 radical (unpaired) electrons. The molecular weight excluding hydrogens is 434 g/mol. The fourth-order valence-electron chi connectivity index (χ4n) is 4.52. The molecule has 1 amide bonds. The zero-order chi connectivity index (χ0) is 24.0. The number of sulfonamides is 1. The second-order valence-electron chi connectivity index (χ2n) is 8.82. The largest absolute Gasteiger partial charge is 0.354 e. The lowest BCUT2D eigenvalue weighted by Gasteiger charge is -2.33. The second-order valence-corrected chi connectivity index (χ2v) is 10.8. The molecule has 7 heteroatoms. The molecule has 1 aliphatic rings. The molecule has 0 aliphatic carbocycles. The molecule has 1 saturated heterocycles. The van der Waals surface area contributed by atoms with Gasteiger partial charge < -0.3 is 5.32 Å². The highest BCUT2D eigenvalue weighted by molar-refractivity contribution is 7.89. The Morgan fingerprint density at radius 1 is 1.03 bits per heavy atom. The molecule has 0 bridgehead atoms. The summed E-state index contributed by atoms with van der Waals surface area (Å²) < 4.78 is 27.6. The Bertz CT molecular complexity index is 1030. The van der Waals surface area contributed by atoms with Crippen LogP contribution in [0.25, 0.3) is 0 Å². The van der Waals surface area contributed by atoms with Crippen LogP contribution in [0.1, 0.15) is 49.4 Å². The van der Waals surface area contributed by atoms with Gasteiger partial charge in [-0.25, -0.2) is 8.42 Å². The maximum atomic E-state index is 13.1. The van der Waals surface area contributed by atoms with Crippen LogP contribution in [0.15, 0.2) is 53.4 Å². The van der Waals surface area contributed by atoms with Crippen molar-refractivity contribution in [2.45, 2.75) is 51.5 Å². The van der Waals surface area contributed by atoms with Gasteiger partial charge in [-0.15, -0.1) is 0 Å². The molecule has 0 aromatic heterocycles. The Hall–Kier alpha value is -2.22. The molecule has 1 fully saturated rings. The Labute approximate surface area is 199 Å². The monoisotopic (exact) mass is 471 g/mol. The van der Waals surface area contributed by atoms with Crippen molar-refractivity contribution < 1.29 is 13.2 Å². The molecule has 1 N–H and O–H groups in total. The summed E-state index contributed by atoms with van der Waals surface area (Å²) in [5.74, 6) is -0.143. The Balaban J connectivity index is 1.60. The molecule has 33 heavy (non-hydrogen) atoms. The van der Waals surface area contributed by atoms with Crippen molar-refractivity contribution in [3.05, 3.63) is 65.2 Å². The summed E-state index contributed by atoms with van der Waals surface area (Å²) in [6.07, 6.45) is 1.08. The summed E-state index contributed by atoms with van der Waals surface area (Å²) in [6.45, 7) is 11.2. The predicted octanol–water partition coefficient (Wildman–Crippen LogP) is 3.90. The molecule has 2 aromatic rings. The van der Waals surface area contributed by atoms with Gasteiger partial charge in [0.1, 0.15) is 0 Å². The lowest BCUT2D eigenvalue weighted by molar-refractivity contribution is -0.126. The molecule has 1 aliphatic heterocycles. The average molecular weight is 472 g/mol. The molecule has 1 unspecified atom stereocenters. The van der Waals surface area contributed by atoms with Crippen LogP contribution in [0.2, 0.25) is 0 Å². The number of carbonyl (C=O) groups excluding carboxylic acids is 1. The Morgan fingerprint density at radius 3 is 2.24 bits per heavy atom. The van der Waals surface area contributed by atoms with Gasteiger partial charge in [0, 0.05) is 25.6 Å². The van der Waals surface area contributed by atoms with E-state index in [2.05, 4.69) is 36.2 Å². The van der Waals surface area contributed by atoms with Crippen LogP contribution in [0.3, 0.4) is 0 Å². The molecule has 0 spiro atoms. The first-order chi connectivity index (χ1) is 15.8. The van der Waals surface area contributed by atoms with Gasteiger partial charge in [0.05, 0.1) is 10.9 Å². The molecule has 6 nitrogen and oxygen atoms in total. The lowest BCUT2D eigenvalue weighted by Crippen LogP contribution is -2.45. The first-order valence-corrected chi connectivity index (χ1v) is 13.4. The lowest BCUT2D eigenvalue weighted by atomic mass is 9.97. The van der Waals surface area contributed by atoms with Gasteiger partial charge in [0.25, 0.3) is 0 Å². The fourth-order valence-corrected chi connectivity index (χ4v) is 6.08. The smallest absolute Gasteiger partial charge is 0.243 e. The SMILES string of the molecule is CCN(CC)C(CNC(=O)C1CCN(S(=O)(=O)c2ccc(C)c(C)c2)CC1)c1ccccc1. The highest BCUT2D eigenvalue weighted by atomic mass is 32.2. The quantitative estimate of drug-likeness (QED) is 0.602. The van der Waals surface area contributed by atoms with Gasteiger partial charge >= 0.3 is 0 Å². The van der Waals surface area contributed by atoms with Gasteiger partial charge in [0.15, 0.2) is 0 Å². The van der Waals surface area contributed by atoms with Crippen LogP contribution in [-0.4, -0.2) is 56.3 Å². The zero-order valence-electron chi connectivity index (χ0n) is 20.3. The van der Waals surface area contributed by atoms with E-state index in [1.807, 2.05) is 38.1 Å². The number of nitrogens with one attached hydrogen (secondary N) is 1. The van der Waals surface area contributed by atoms with Crippen molar-refractivity contribution >= 4 is 15.9 Å². The summed E-state index contributed by atoms with van der Waals surface area (Å²) in [7, 11) is -3.54. The molecule has 180 valence electrons. The van der Waals surface area contributed by atoms with Crippen LogP contribution in [0.4, 0.5) is 0 Å². The van der Waals surface area contributed by atoms with Crippen molar-refractivity contribution in [2.24, 2.45) is 5.92 Å². The van der Waals surface area contributed by atoms with Crippen molar-refractivity contribution in [1.29, 1.82) is 0 Å². The molecular formula is C26H37N3O3S. The summed E-state index contributed by atoms with van der Waals surface area (Å²) in [4.78, 5) is 15.6. The van der Waals surface area contributed by atoms with E-state index in [-0.39, 0.29) is 17.9 Å². The standard InChI is InChI=1S/C26H37N3O3S/c1-5-28(6-2)25(22-10-8-7-9-11-22)19-27-26(30)23-14-16-29(17-15-23)33(31,32)24-13-12-20(3)21(4)18-24/h7-13,18,23,25H,5-6,14-17,19H2,1-4H3,(H,27,30). The third kappa shape index (κ3) is 6.02. The van der Waals surface area contributed by atoms with E-state index in [1.54, 1.807) is 12.1 Å². The minimum absolute atomic E-state index is 0.0197. The molecule has 0 saturated carbocycles. The van der Waals surface area contributed by atoms with Crippen LogP contribution in [-0.2, 0) is 14.8 Å². The minimum atomic E-state index is -3.54. The number of nitrogens with zero attached hydrogens (tertiary/aromatic N) is 2. The van der Waals surface area contributed by atoms with E-state index < -0.39 is 10.0 Å². The van der Waals surface area contributed by atoms with Crippen LogP contribution >= 0.6 is 0 Å². The summed E-state index contributed by atoms with van der Waals surface area (Å²) >= 11 is 0. The number of hydrogen-bond donors (Lipinski definition) is 1. The Morgan fingerprint density at radius 2 is 1.67 bits per heavy atom. The first kappa shape index (κ1) is 25.4. The molecule has 1 atom stereocenters. The van der Waals surface area contributed by atoms with Crippen molar-refractivity contribution in [3.63, 3.8) is 0 Å². The zero-order valence-corrected chi connectivity index (χ0v) is 21.1. The van der Waals surface area contributed by atoms with Gasteiger partial charge in [0.2, 0.25) is 15.9 Å². The van der Waals surface area contributed by atoms with Gasteiger partial charge in [-0.2, -0.15) is 4.31 Å². The third-order valence-electron chi connectivity index (χ3n) is 6.85. The highest BCUT2D eigenvalue weighted by Crippen LogP contribution is 2.26. The second kappa shape index (κ2) is 11.3. The average Bonchev–Trinajstić information content (AvgIpc) is 2.83. The number of likely N-dealkylation sites (N-methyl/N-ethyl adjacent to an activating group) is 1. The van der Waals surface area contributed by atoms with E-state index in [0.29, 0.717) is 37.4 Å². The number of carbonyl (C=O) groups is 1. The fraction of sp³-hybridized carbons (Fsp3) is 0.500. The van der Waals surface area contributed by atoms with Gasteiger partial charge in [-0.1, -0.05) is 50.2 Å². The normalized spacial score (nSPS) is 16.6. The summed E-state index contributed by atoms with van der Waals surface area (Å²) in [5, 5.41) is 3.15. The van der Waals surface area contributed by atoms with Gasteiger partial charge in [-0.3, -0.25) is 9.69 Å². The van der Waals surface area contributed by atoms with Crippen molar-refractivity contribution in [3.8, 4) is 0 Å². The number of piperidine rings is 1. The van der Waals surface area contributed by atoms with E-state index in [1.165, 1.54) is 9.87 Å². The van der Waals surface area contributed by atoms with Gasteiger partial charge in [-0.05, 0) is 68.6 Å². The first-order valence-electron chi connectivity index (χ1n) is 11.9. The van der Waals surface area contributed by atoms with Crippen molar-refractivity contribution in [2.75, 3.05) is 32.7 Å². The Kier molecular flexibility index (Phi) is 8.68. The maximum Gasteiger partial charge on any atom is 0.243 e. The van der Waals surface area contributed by atoms with E-state index in [9.17, 15) is 13.2 Å². The van der Waals surface area contributed by atoms with E-state index in [4.69, 9.17) is 0 Å². The van der Waals surface area contributed by atoms with E-state index >= 15 is 0 Å². The number of amides is 1.